The van der Waals surface area contributed by atoms with Gasteiger partial charge in [-0.1, -0.05) is 13.8 Å². The first kappa shape index (κ1) is 17.7. The van der Waals surface area contributed by atoms with E-state index in [-0.39, 0.29) is 23.7 Å². The first-order valence-corrected chi connectivity index (χ1v) is 9.72. The van der Waals surface area contributed by atoms with Crippen LogP contribution in [0.2, 0.25) is 0 Å². The number of hydrogen-bond acceptors (Lipinski definition) is 4. The molecule has 0 spiro atoms. The third kappa shape index (κ3) is 4.20. The van der Waals surface area contributed by atoms with Crippen LogP contribution in [0.4, 0.5) is 0 Å². The molecule has 0 bridgehead atoms. The lowest BCUT2D eigenvalue weighted by Crippen LogP contribution is -2.47. The average molecular weight is 332 g/mol. The minimum absolute atomic E-state index is 0.000756. The first-order chi connectivity index (χ1) is 10.2. The Hall–Kier alpha value is -0.660. The summed E-state index contributed by atoms with van der Waals surface area (Å²) in [6, 6.07) is 0. The van der Waals surface area contributed by atoms with Gasteiger partial charge in [-0.25, -0.2) is 12.7 Å². The maximum absolute atomic E-state index is 12.7. The Kier molecular flexibility index (Phi) is 5.50. The van der Waals surface area contributed by atoms with E-state index >= 15 is 0 Å². The van der Waals surface area contributed by atoms with Crippen LogP contribution in [0, 0.1) is 11.3 Å². The lowest BCUT2D eigenvalue weighted by atomic mass is 9.84. The summed E-state index contributed by atoms with van der Waals surface area (Å²) in [6.07, 6.45) is 4.12. The molecule has 2 saturated heterocycles. The van der Waals surface area contributed by atoms with Crippen LogP contribution in [0.25, 0.3) is 0 Å². The summed E-state index contributed by atoms with van der Waals surface area (Å²) in [6.45, 7) is 5.43. The summed E-state index contributed by atoms with van der Waals surface area (Å²) in [7, 11) is -3.34. The van der Waals surface area contributed by atoms with E-state index in [1.807, 2.05) is 13.8 Å². The molecule has 0 aromatic carbocycles. The van der Waals surface area contributed by atoms with E-state index in [0.717, 1.165) is 25.9 Å². The fourth-order valence-corrected chi connectivity index (χ4v) is 5.51. The highest BCUT2D eigenvalue weighted by Gasteiger charge is 2.39. The molecule has 6 nitrogen and oxygen atoms in total. The molecule has 0 aromatic rings. The molecule has 0 saturated carbocycles. The minimum Gasteiger partial charge on any atom is -0.378 e. The molecule has 2 N–H and O–H groups in total. The quantitative estimate of drug-likeness (QED) is 0.816. The fraction of sp³-hybridized carbons (Fsp3) is 0.933. The van der Waals surface area contributed by atoms with Gasteiger partial charge in [0.25, 0.3) is 0 Å². The molecule has 0 aliphatic carbocycles. The van der Waals surface area contributed by atoms with Crippen LogP contribution in [-0.2, 0) is 19.6 Å². The number of ether oxygens (including phenoxy) is 1. The number of piperidine rings is 1. The average Bonchev–Trinajstić information content (AvgIpc) is 2.47. The Morgan fingerprint density at radius 1 is 1.23 bits per heavy atom. The van der Waals surface area contributed by atoms with Gasteiger partial charge in [-0.2, -0.15) is 0 Å². The van der Waals surface area contributed by atoms with Crippen molar-refractivity contribution < 1.29 is 17.9 Å². The van der Waals surface area contributed by atoms with Gasteiger partial charge in [0.15, 0.2) is 0 Å². The van der Waals surface area contributed by atoms with E-state index in [4.69, 9.17) is 10.5 Å². The molecular weight excluding hydrogens is 304 g/mol. The number of hydrogen-bond donors (Lipinski definition) is 1. The maximum Gasteiger partial charge on any atom is 0.220 e. The number of amides is 1. The summed E-state index contributed by atoms with van der Waals surface area (Å²) in [5.74, 6) is -0.430. The van der Waals surface area contributed by atoms with Crippen molar-refractivity contribution in [3.05, 3.63) is 0 Å². The van der Waals surface area contributed by atoms with Crippen molar-refractivity contribution in [1.29, 1.82) is 0 Å². The van der Waals surface area contributed by atoms with Gasteiger partial charge < -0.3 is 10.5 Å². The van der Waals surface area contributed by atoms with Crippen LogP contribution in [-0.4, -0.2) is 50.2 Å². The number of primary amides is 1. The Morgan fingerprint density at radius 3 is 2.36 bits per heavy atom. The normalized spacial score (nSPS) is 26.0. The van der Waals surface area contributed by atoms with Gasteiger partial charge in [-0.15, -0.1) is 0 Å². The van der Waals surface area contributed by atoms with Gasteiger partial charge in [0.05, 0.1) is 11.9 Å². The van der Waals surface area contributed by atoms with Gasteiger partial charge in [-0.3, -0.25) is 4.79 Å². The van der Waals surface area contributed by atoms with E-state index < -0.39 is 15.4 Å². The molecule has 2 rings (SSSR count). The molecule has 0 radical (unpaired) electrons. The van der Waals surface area contributed by atoms with Gasteiger partial charge in [0.2, 0.25) is 15.9 Å². The SMILES string of the molecule is CC(C)(CS(=O)(=O)N1CCC(C(N)=O)CC1)C1CCCCO1. The van der Waals surface area contributed by atoms with Crippen LogP contribution < -0.4 is 5.73 Å². The van der Waals surface area contributed by atoms with Crippen LogP contribution in [0.5, 0.6) is 0 Å². The van der Waals surface area contributed by atoms with E-state index in [1.165, 1.54) is 4.31 Å². The maximum atomic E-state index is 12.7. The highest BCUT2D eigenvalue weighted by Crippen LogP contribution is 2.33. The van der Waals surface area contributed by atoms with Gasteiger partial charge in [0, 0.05) is 31.0 Å². The molecule has 2 fully saturated rings. The molecule has 1 atom stereocenters. The molecule has 7 heteroatoms. The molecule has 0 aromatic heterocycles. The summed E-state index contributed by atoms with van der Waals surface area (Å²) >= 11 is 0. The highest BCUT2D eigenvalue weighted by molar-refractivity contribution is 7.89. The topological polar surface area (TPSA) is 89.7 Å². The summed E-state index contributed by atoms with van der Waals surface area (Å²) < 4.78 is 32.6. The number of nitrogens with two attached hydrogens (primary N) is 1. The zero-order valence-corrected chi connectivity index (χ0v) is 14.4. The largest absolute Gasteiger partial charge is 0.378 e. The van der Waals surface area contributed by atoms with Crippen molar-refractivity contribution in [1.82, 2.24) is 4.31 Å². The first-order valence-electron chi connectivity index (χ1n) is 8.11. The second-order valence-corrected chi connectivity index (χ2v) is 9.14. The molecule has 22 heavy (non-hydrogen) atoms. The number of sulfonamides is 1. The van der Waals surface area contributed by atoms with Crippen molar-refractivity contribution >= 4 is 15.9 Å². The molecule has 128 valence electrons. The molecule has 2 aliphatic rings. The Bertz CT molecular complexity index is 490. The molecule has 2 heterocycles. The van der Waals surface area contributed by atoms with Crippen LogP contribution in [0.3, 0.4) is 0 Å². The fourth-order valence-electron chi connectivity index (χ4n) is 3.43. The number of carbonyl (C=O) groups excluding carboxylic acids is 1. The lowest BCUT2D eigenvalue weighted by Gasteiger charge is -2.38. The molecule has 1 amide bonds. The molecule has 2 aliphatic heterocycles. The van der Waals surface area contributed by atoms with E-state index in [1.54, 1.807) is 0 Å². The Morgan fingerprint density at radius 2 is 1.86 bits per heavy atom. The summed E-state index contributed by atoms with van der Waals surface area (Å²) in [4.78, 5) is 11.2. The van der Waals surface area contributed by atoms with Gasteiger partial charge in [-0.05, 0) is 32.1 Å². The van der Waals surface area contributed by atoms with Crippen molar-refractivity contribution in [2.75, 3.05) is 25.4 Å². The van der Waals surface area contributed by atoms with Crippen molar-refractivity contribution in [2.45, 2.75) is 52.1 Å². The third-order valence-corrected chi connectivity index (χ3v) is 7.12. The monoisotopic (exact) mass is 332 g/mol. The second kappa shape index (κ2) is 6.84. The second-order valence-electron chi connectivity index (χ2n) is 7.18. The van der Waals surface area contributed by atoms with Crippen LogP contribution >= 0.6 is 0 Å². The van der Waals surface area contributed by atoms with Crippen molar-refractivity contribution in [3.8, 4) is 0 Å². The van der Waals surface area contributed by atoms with Crippen molar-refractivity contribution in [2.24, 2.45) is 17.1 Å². The minimum atomic E-state index is -3.34. The smallest absolute Gasteiger partial charge is 0.220 e. The summed E-state index contributed by atoms with van der Waals surface area (Å²) in [5, 5.41) is 0. The Labute approximate surface area is 133 Å². The third-order valence-electron chi connectivity index (χ3n) is 4.86. The number of nitrogens with zero attached hydrogens (tertiary/aromatic N) is 1. The molecular formula is C15H28N2O4S. The van der Waals surface area contributed by atoms with Crippen LogP contribution in [0.1, 0.15) is 46.0 Å². The van der Waals surface area contributed by atoms with E-state index in [9.17, 15) is 13.2 Å². The zero-order valence-electron chi connectivity index (χ0n) is 13.6. The highest BCUT2D eigenvalue weighted by atomic mass is 32.2. The van der Waals surface area contributed by atoms with Crippen LogP contribution in [0.15, 0.2) is 0 Å². The predicted molar refractivity (Wildman–Crippen MR) is 84.7 cm³/mol. The summed E-state index contributed by atoms with van der Waals surface area (Å²) in [5.41, 5.74) is 4.89. The zero-order chi connectivity index (χ0) is 16.4. The Balaban J connectivity index is 1.97. The predicted octanol–water partition coefficient (Wildman–Crippen LogP) is 1.11. The van der Waals surface area contributed by atoms with Gasteiger partial charge in [0.1, 0.15) is 0 Å². The molecule has 1 unspecified atom stereocenters. The van der Waals surface area contributed by atoms with E-state index in [0.29, 0.717) is 25.9 Å². The standard InChI is InChI=1S/C15H28N2O4S/c1-15(2,13-5-3-4-10-21-13)11-22(19,20)17-8-6-12(7-9-17)14(16)18/h12-13H,3-11H2,1-2H3,(H2,16,18). The number of rotatable bonds is 5. The number of carbonyl (C=O) groups is 1. The lowest BCUT2D eigenvalue weighted by molar-refractivity contribution is -0.122. The van der Waals surface area contributed by atoms with Crippen molar-refractivity contribution in [3.63, 3.8) is 0 Å². The van der Waals surface area contributed by atoms with Gasteiger partial charge >= 0.3 is 0 Å². The van der Waals surface area contributed by atoms with E-state index in [2.05, 4.69) is 0 Å².